The molecule has 1 aliphatic rings. The molecule has 0 unspecified atom stereocenters. The van der Waals surface area contributed by atoms with Crippen LogP contribution in [0.3, 0.4) is 0 Å². The van der Waals surface area contributed by atoms with Gasteiger partial charge in [0.25, 0.3) is 0 Å². The minimum Gasteiger partial charge on any atom is -0.494 e. The highest BCUT2D eigenvalue weighted by Crippen LogP contribution is 2.32. The maximum atomic E-state index is 14.4. The largest absolute Gasteiger partial charge is 0.494 e. The lowest BCUT2D eigenvalue weighted by Gasteiger charge is -2.32. The Balaban J connectivity index is 1.46. The molecule has 180 valence electrons. The third-order valence-electron chi connectivity index (χ3n) is 6.42. The number of nitrogens with two attached hydrogens (primary N) is 1. The zero-order valence-electron chi connectivity index (χ0n) is 19.8. The summed E-state index contributed by atoms with van der Waals surface area (Å²) < 4.78 is 28.3. The summed E-state index contributed by atoms with van der Waals surface area (Å²) in [7, 11) is 3.11. The molecule has 5 rings (SSSR count). The van der Waals surface area contributed by atoms with Crippen molar-refractivity contribution in [3.05, 3.63) is 36.2 Å². The molecule has 10 nitrogen and oxygen atoms in total. The van der Waals surface area contributed by atoms with Gasteiger partial charge in [0.15, 0.2) is 23.0 Å². The van der Waals surface area contributed by atoms with Crippen molar-refractivity contribution in [2.75, 3.05) is 44.5 Å². The molecule has 0 aliphatic carbocycles. The van der Waals surface area contributed by atoms with Crippen molar-refractivity contribution in [3.63, 3.8) is 0 Å². The SMILES string of the molecule is COCC(C)(C)n1cc(N2CCC[C@@H](c3nc4c5cc(F)c(OC)cc5nc(N)n4n3)C2)cn1. The fraction of sp³-hybridized carbons (Fsp3) is 0.478. The number of benzene rings is 1. The first-order chi connectivity index (χ1) is 16.3. The van der Waals surface area contributed by atoms with E-state index in [4.69, 9.17) is 20.2 Å². The molecular formula is C23H29FN8O2. The second-order valence-corrected chi connectivity index (χ2v) is 9.35. The topological polar surface area (TPSA) is 109 Å². The number of rotatable bonds is 6. The number of hydrogen-bond donors (Lipinski definition) is 1. The molecule has 4 aromatic rings. The zero-order chi connectivity index (χ0) is 24.0. The van der Waals surface area contributed by atoms with Crippen LogP contribution in [0.5, 0.6) is 5.75 Å². The van der Waals surface area contributed by atoms with Crippen LogP contribution in [0, 0.1) is 5.82 Å². The number of halogens is 1. The number of ether oxygens (including phenoxy) is 2. The van der Waals surface area contributed by atoms with Crippen LogP contribution in [0.25, 0.3) is 16.6 Å². The second-order valence-electron chi connectivity index (χ2n) is 9.35. The molecule has 2 N–H and O–H groups in total. The first-order valence-electron chi connectivity index (χ1n) is 11.3. The lowest BCUT2D eigenvalue weighted by molar-refractivity contribution is 0.101. The van der Waals surface area contributed by atoms with E-state index in [-0.39, 0.29) is 23.2 Å². The Bertz CT molecular complexity index is 1350. The first kappa shape index (κ1) is 22.3. The summed E-state index contributed by atoms with van der Waals surface area (Å²) in [4.78, 5) is 11.5. The van der Waals surface area contributed by atoms with Crippen molar-refractivity contribution in [1.82, 2.24) is 29.4 Å². The van der Waals surface area contributed by atoms with E-state index in [1.165, 1.54) is 23.8 Å². The van der Waals surface area contributed by atoms with Gasteiger partial charge in [-0.1, -0.05) is 0 Å². The van der Waals surface area contributed by atoms with E-state index in [0.717, 1.165) is 31.6 Å². The van der Waals surface area contributed by atoms with Gasteiger partial charge >= 0.3 is 0 Å². The van der Waals surface area contributed by atoms with Crippen LogP contribution in [0.15, 0.2) is 24.5 Å². The van der Waals surface area contributed by atoms with Gasteiger partial charge in [-0.3, -0.25) is 4.68 Å². The fourth-order valence-electron chi connectivity index (χ4n) is 4.63. The highest BCUT2D eigenvalue weighted by atomic mass is 19.1. The molecule has 0 radical (unpaired) electrons. The van der Waals surface area contributed by atoms with Gasteiger partial charge in [0, 0.05) is 43.8 Å². The molecule has 0 spiro atoms. The highest BCUT2D eigenvalue weighted by Gasteiger charge is 2.28. The number of hydrogen-bond acceptors (Lipinski definition) is 8. The van der Waals surface area contributed by atoms with E-state index in [1.807, 2.05) is 10.9 Å². The Labute approximate surface area is 196 Å². The van der Waals surface area contributed by atoms with E-state index in [2.05, 4.69) is 40.1 Å². The van der Waals surface area contributed by atoms with Crippen molar-refractivity contribution >= 4 is 28.2 Å². The smallest absolute Gasteiger partial charge is 0.223 e. The maximum absolute atomic E-state index is 14.4. The van der Waals surface area contributed by atoms with Crippen molar-refractivity contribution in [2.45, 2.75) is 38.1 Å². The third kappa shape index (κ3) is 3.79. The Morgan fingerprint density at radius 1 is 1.24 bits per heavy atom. The van der Waals surface area contributed by atoms with Crippen molar-refractivity contribution in [3.8, 4) is 5.75 Å². The van der Waals surface area contributed by atoms with Gasteiger partial charge in [0.1, 0.15) is 0 Å². The molecular weight excluding hydrogens is 439 g/mol. The molecule has 3 aromatic heterocycles. The predicted octanol–water partition coefficient (Wildman–Crippen LogP) is 2.97. The van der Waals surface area contributed by atoms with Gasteiger partial charge in [0.05, 0.1) is 36.7 Å². The third-order valence-corrected chi connectivity index (χ3v) is 6.42. The summed E-state index contributed by atoms with van der Waals surface area (Å²) in [5.41, 5.74) is 7.98. The summed E-state index contributed by atoms with van der Waals surface area (Å²) >= 11 is 0. The summed E-state index contributed by atoms with van der Waals surface area (Å²) in [6.45, 7) is 6.43. The molecule has 1 aliphatic heterocycles. The Kier molecular flexibility index (Phi) is 5.51. The molecule has 11 heteroatoms. The van der Waals surface area contributed by atoms with Crippen LogP contribution in [-0.2, 0) is 10.3 Å². The lowest BCUT2D eigenvalue weighted by atomic mass is 9.97. The van der Waals surface area contributed by atoms with Gasteiger partial charge in [-0.25, -0.2) is 14.4 Å². The minimum absolute atomic E-state index is 0.0986. The van der Waals surface area contributed by atoms with E-state index in [0.29, 0.717) is 29.0 Å². The van der Waals surface area contributed by atoms with Crippen LogP contribution >= 0.6 is 0 Å². The number of methoxy groups -OCH3 is 2. The Hall–Kier alpha value is -3.47. The van der Waals surface area contributed by atoms with E-state index < -0.39 is 5.82 Å². The van der Waals surface area contributed by atoms with Crippen LogP contribution in [0.1, 0.15) is 38.4 Å². The molecule has 1 fully saturated rings. The molecule has 1 aromatic carbocycles. The highest BCUT2D eigenvalue weighted by molar-refractivity contribution is 5.93. The van der Waals surface area contributed by atoms with E-state index in [1.54, 1.807) is 7.11 Å². The monoisotopic (exact) mass is 468 g/mol. The van der Waals surface area contributed by atoms with Crippen LogP contribution < -0.4 is 15.4 Å². The average molecular weight is 469 g/mol. The number of piperidine rings is 1. The zero-order valence-corrected chi connectivity index (χ0v) is 19.8. The normalized spacial score (nSPS) is 17.1. The van der Waals surface area contributed by atoms with Crippen LogP contribution in [-0.4, -0.2) is 63.3 Å². The van der Waals surface area contributed by atoms with Crippen LogP contribution in [0.2, 0.25) is 0 Å². The molecule has 0 bridgehead atoms. The van der Waals surface area contributed by atoms with Crippen molar-refractivity contribution in [2.24, 2.45) is 0 Å². The van der Waals surface area contributed by atoms with Gasteiger partial charge in [0.2, 0.25) is 5.95 Å². The predicted molar refractivity (Wildman–Crippen MR) is 127 cm³/mol. The molecule has 0 saturated carbocycles. The second kappa shape index (κ2) is 8.39. The average Bonchev–Trinajstić information content (AvgIpc) is 3.48. The number of fused-ring (bicyclic) bond motifs is 3. The van der Waals surface area contributed by atoms with Gasteiger partial charge in [-0.2, -0.15) is 9.61 Å². The Morgan fingerprint density at radius 3 is 2.82 bits per heavy atom. The molecule has 0 amide bonds. The number of nitrogen functional groups attached to an aromatic ring is 1. The van der Waals surface area contributed by atoms with Crippen molar-refractivity contribution < 1.29 is 13.9 Å². The van der Waals surface area contributed by atoms with Crippen LogP contribution in [0.4, 0.5) is 16.0 Å². The molecule has 1 saturated heterocycles. The number of nitrogens with zero attached hydrogens (tertiary/aromatic N) is 7. The number of anilines is 2. The quantitative estimate of drug-likeness (QED) is 0.460. The van der Waals surface area contributed by atoms with Gasteiger partial charge in [-0.05, 0) is 32.8 Å². The lowest BCUT2D eigenvalue weighted by Crippen LogP contribution is -2.35. The summed E-state index contributed by atoms with van der Waals surface area (Å²) in [5.74, 6) is 0.602. The van der Waals surface area contributed by atoms with Gasteiger partial charge < -0.3 is 20.1 Å². The Morgan fingerprint density at radius 2 is 2.06 bits per heavy atom. The summed E-state index contributed by atoms with van der Waals surface area (Å²) in [6.07, 6.45) is 5.89. The summed E-state index contributed by atoms with van der Waals surface area (Å²) in [6, 6.07) is 2.90. The minimum atomic E-state index is -0.481. The summed E-state index contributed by atoms with van der Waals surface area (Å²) in [5, 5.41) is 9.77. The maximum Gasteiger partial charge on any atom is 0.223 e. The first-order valence-corrected chi connectivity index (χ1v) is 11.3. The molecule has 1 atom stereocenters. The van der Waals surface area contributed by atoms with E-state index in [9.17, 15) is 4.39 Å². The standard InChI is InChI=1S/C23H29FN8O2/c1-23(2,13-33-3)31-12-15(10-26-31)30-7-5-6-14(11-30)20-28-21-16-8-17(24)19(34-4)9-18(16)27-22(25)32(21)29-20/h8-10,12,14H,5-7,11,13H2,1-4H3,(H2,25,27)/t14-/m1/s1. The van der Waals surface area contributed by atoms with Gasteiger partial charge in [-0.15, -0.1) is 5.10 Å². The van der Waals surface area contributed by atoms with Crippen molar-refractivity contribution in [1.29, 1.82) is 0 Å². The molecule has 34 heavy (non-hydrogen) atoms. The van der Waals surface area contributed by atoms with E-state index >= 15 is 0 Å². The number of aromatic nitrogens is 6. The fourth-order valence-corrected chi connectivity index (χ4v) is 4.63. The molecule has 4 heterocycles.